The number of aryl methyl sites for hydroxylation is 1. The van der Waals surface area contributed by atoms with Crippen LogP contribution < -0.4 is 5.32 Å². The zero-order valence-corrected chi connectivity index (χ0v) is 19.8. The molecule has 0 fully saturated rings. The number of carbonyl (C=O) groups excluding carboxylic acids is 1. The molecule has 8 heteroatoms. The molecule has 1 radical (unpaired) electrons. The standard InChI is InChI=1S/C25H25N3O3S.Li/c1-17-5-3-4-6-20(17)22-15-18(7-9-19-16-26-12-13-27-19)8-10-21(22)24(29)28-23(25(30)31)11-14-32-2;/h3-10,12-13,15-16,23H,11,14H2,1-2H3,(H,28,29)(H,30,31);/t23-;/m0./s1. The summed E-state index contributed by atoms with van der Waals surface area (Å²) in [5.41, 5.74) is 4.74. The van der Waals surface area contributed by atoms with Gasteiger partial charge in [0.1, 0.15) is 6.04 Å². The molecule has 1 atom stereocenters. The summed E-state index contributed by atoms with van der Waals surface area (Å²) < 4.78 is 0. The van der Waals surface area contributed by atoms with Gasteiger partial charge in [-0.2, -0.15) is 11.8 Å². The summed E-state index contributed by atoms with van der Waals surface area (Å²) in [5.74, 6) is -0.789. The quantitative estimate of drug-likeness (QED) is 0.472. The van der Waals surface area contributed by atoms with Crippen LogP contribution in [-0.4, -0.2) is 63.9 Å². The van der Waals surface area contributed by atoms with Gasteiger partial charge in [0.2, 0.25) is 0 Å². The monoisotopic (exact) mass is 454 g/mol. The molecule has 0 aliphatic rings. The van der Waals surface area contributed by atoms with Crippen molar-refractivity contribution in [1.29, 1.82) is 0 Å². The van der Waals surface area contributed by atoms with Crippen LogP contribution in [-0.2, 0) is 4.79 Å². The zero-order chi connectivity index (χ0) is 22.9. The van der Waals surface area contributed by atoms with Crippen molar-refractivity contribution in [3.05, 3.63) is 83.4 Å². The van der Waals surface area contributed by atoms with Gasteiger partial charge in [-0.15, -0.1) is 0 Å². The maximum absolute atomic E-state index is 13.1. The van der Waals surface area contributed by atoms with Gasteiger partial charge in [-0.05, 0) is 65.8 Å². The minimum absolute atomic E-state index is 0. The van der Waals surface area contributed by atoms with Gasteiger partial charge in [0.25, 0.3) is 5.91 Å². The van der Waals surface area contributed by atoms with Crippen molar-refractivity contribution in [3.63, 3.8) is 0 Å². The molecule has 1 heterocycles. The van der Waals surface area contributed by atoms with Crippen LogP contribution in [0.4, 0.5) is 0 Å². The minimum atomic E-state index is -1.03. The van der Waals surface area contributed by atoms with E-state index in [0.29, 0.717) is 17.7 Å². The van der Waals surface area contributed by atoms with Crippen LogP contribution in [0.2, 0.25) is 0 Å². The second kappa shape index (κ2) is 13.0. The fourth-order valence-electron chi connectivity index (χ4n) is 3.27. The fourth-order valence-corrected chi connectivity index (χ4v) is 3.74. The van der Waals surface area contributed by atoms with E-state index in [0.717, 1.165) is 27.9 Å². The molecule has 165 valence electrons. The van der Waals surface area contributed by atoms with Crippen LogP contribution in [0, 0.1) is 6.92 Å². The number of aromatic nitrogens is 2. The molecule has 0 bridgehead atoms. The van der Waals surface area contributed by atoms with E-state index in [2.05, 4.69) is 15.3 Å². The van der Waals surface area contributed by atoms with Gasteiger partial charge < -0.3 is 10.4 Å². The van der Waals surface area contributed by atoms with Crippen molar-refractivity contribution in [1.82, 2.24) is 15.3 Å². The molecule has 0 unspecified atom stereocenters. The predicted octanol–water partition coefficient (Wildman–Crippen LogP) is 4.18. The van der Waals surface area contributed by atoms with Gasteiger partial charge in [-0.25, -0.2) is 4.79 Å². The number of hydrogen-bond acceptors (Lipinski definition) is 5. The molecule has 6 nitrogen and oxygen atoms in total. The number of nitrogens with zero attached hydrogens (tertiary/aromatic N) is 2. The first-order chi connectivity index (χ1) is 15.5. The molecular formula is C25H25LiN3O3S. The number of amides is 1. The Balaban J connectivity index is 0.00000385. The van der Waals surface area contributed by atoms with Gasteiger partial charge in [-0.1, -0.05) is 36.4 Å². The van der Waals surface area contributed by atoms with Crippen LogP contribution in [0.3, 0.4) is 0 Å². The third-order valence-corrected chi connectivity index (χ3v) is 5.61. The summed E-state index contributed by atoms with van der Waals surface area (Å²) in [5, 5.41) is 12.2. The number of carboxylic acid groups (broad SMARTS) is 1. The normalized spacial score (nSPS) is 11.6. The van der Waals surface area contributed by atoms with Gasteiger partial charge in [0, 0.05) is 36.8 Å². The van der Waals surface area contributed by atoms with Crippen LogP contribution >= 0.6 is 11.8 Å². The molecule has 0 saturated heterocycles. The fraction of sp³-hybridized carbons (Fsp3) is 0.200. The molecule has 1 aromatic heterocycles. The largest absolute Gasteiger partial charge is 0.480 e. The number of aliphatic carboxylic acids is 1. The number of nitrogens with one attached hydrogen (secondary N) is 1. The minimum Gasteiger partial charge on any atom is -0.480 e. The summed E-state index contributed by atoms with van der Waals surface area (Å²) in [7, 11) is 0. The molecule has 0 spiro atoms. The average molecular weight is 455 g/mol. The van der Waals surface area contributed by atoms with Gasteiger partial charge in [0.05, 0.1) is 11.9 Å². The number of rotatable bonds is 9. The van der Waals surface area contributed by atoms with E-state index < -0.39 is 17.9 Å². The molecular weight excluding hydrogens is 429 g/mol. The number of thioether (sulfide) groups is 1. The Bertz CT molecular complexity index is 1120. The van der Waals surface area contributed by atoms with Crippen LogP contribution in [0.15, 0.2) is 61.1 Å². The van der Waals surface area contributed by atoms with Crippen molar-refractivity contribution in [3.8, 4) is 11.1 Å². The molecule has 0 aliphatic heterocycles. The topological polar surface area (TPSA) is 92.2 Å². The van der Waals surface area contributed by atoms with E-state index >= 15 is 0 Å². The number of benzene rings is 2. The van der Waals surface area contributed by atoms with Crippen molar-refractivity contribution < 1.29 is 14.7 Å². The number of hydrogen-bond donors (Lipinski definition) is 2. The van der Waals surface area contributed by atoms with Crippen LogP contribution in [0.25, 0.3) is 23.3 Å². The van der Waals surface area contributed by atoms with E-state index in [4.69, 9.17) is 0 Å². The first-order valence-electron chi connectivity index (χ1n) is 10.2. The molecule has 2 N–H and O–H groups in total. The first kappa shape index (κ1) is 26.4. The molecule has 3 rings (SSSR count). The second-order valence-electron chi connectivity index (χ2n) is 7.23. The van der Waals surface area contributed by atoms with Gasteiger partial charge >= 0.3 is 5.97 Å². The maximum atomic E-state index is 13.1. The van der Waals surface area contributed by atoms with Crippen LogP contribution in [0.5, 0.6) is 0 Å². The molecule has 33 heavy (non-hydrogen) atoms. The number of carboxylic acids is 1. The predicted molar refractivity (Wildman–Crippen MR) is 135 cm³/mol. The zero-order valence-electron chi connectivity index (χ0n) is 19.0. The molecule has 3 aromatic rings. The van der Waals surface area contributed by atoms with E-state index in [9.17, 15) is 14.7 Å². The maximum Gasteiger partial charge on any atom is 0.326 e. The third kappa shape index (κ3) is 7.33. The Morgan fingerprint density at radius 3 is 2.58 bits per heavy atom. The van der Waals surface area contributed by atoms with Crippen molar-refractivity contribution in [2.45, 2.75) is 19.4 Å². The van der Waals surface area contributed by atoms with E-state index in [1.54, 1.807) is 36.4 Å². The summed E-state index contributed by atoms with van der Waals surface area (Å²) in [4.78, 5) is 33.0. The first-order valence-corrected chi connectivity index (χ1v) is 11.6. The Kier molecular flexibility index (Phi) is 10.4. The van der Waals surface area contributed by atoms with E-state index in [-0.39, 0.29) is 18.9 Å². The van der Waals surface area contributed by atoms with E-state index in [1.807, 2.05) is 61.7 Å². The summed E-state index contributed by atoms with van der Waals surface area (Å²) in [6.45, 7) is 1.98. The summed E-state index contributed by atoms with van der Waals surface area (Å²) in [6, 6.07) is 12.4. The SMILES string of the molecule is CSCC[C@H](NC(=O)c1ccc(C=Cc2cnccn2)cc1-c1ccccc1C)C(=O)O.[Li]. The Hall–Kier alpha value is -2.85. The average Bonchev–Trinajstić information content (AvgIpc) is 2.81. The van der Waals surface area contributed by atoms with Gasteiger partial charge in [-0.3, -0.25) is 14.8 Å². The Morgan fingerprint density at radius 2 is 1.91 bits per heavy atom. The van der Waals surface area contributed by atoms with Gasteiger partial charge in [0.15, 0.2) is 0 Å². The van der Waals surface area contributed by atoms with Crippen molar-refractivity contribution in [2.24, 2.45) is 0 Å². The molecule has 2 aromatic carbocycles. The Morgan fingerprint density at radius 1 is 1.12 bits per heavy atom. The summed E-state index contributed by atoms with van der Waals surface area (Å²) >= 11 is 1.55. The summed E-state index contributed by atoms with van der Waals surface area (Å²) in [6.07, 6.45) is 10.9. The smallest absolute Gasteiger partial charge is 0.326 e. The Labute approximate surface area is 210 Å². The number of carbonyl (C=O) groups is 2. The molecule has 0 saturated carbocycles. The third-order valence-electron chi connectivity index (χ3n) is 4.97. The van der Waals surface area contributed by atoms with Crippen LogP contribution in [0.1, 0.15) is 33.6 Å². The molecule has 1 amide bonds. The molecule has 0 aliphatic carbocycles. The van der Waals surface area contributed by atoms with E-state index in [1.165, 1.54) is 0 Å². The van der Waals surface area contributed by atoms with Crippen molar-refractivity contribution in [2.75, 3.05) is 12.0 Å². The second-order valence-corrected chi connectivity index (χ2v) is 8.21. The van der Waals surface area contributed by atoms with Crippen molar-refractivity contribution >= 4 is 54.7 Å².